The van der Waals surface area contributed by atoms with Crippen LogP contribution in [0.15, 0.2) is 28.7 Å². The zero-order chi connectivity index (χ0) is 12.1. The second-order valence-electron chi connectivity index (χ2n) is 3.38. The molecule has 1 heterocycles. The molecule has 0 radical (unpaired) electrons. The molecule has 0 aliphatic heterocycles. The Balaban J connectivity index is 1.95. The lowest BCUT2D eigenvalue weighted by Crippen LogP contribution is -2.00. The molecule has 1 aromatic carbocycles. The number of methoxy groups -OCH3 is 1. The van der Waals surface area contributed by atoms with Crippen LogP contribution < -0.4 is 5.32 Å². The van der Waals surface area contributed by atoms with Crippen molar-refractivity contribution < 1.29 is 9.15 Å². The number of rotatable bonds is 5. The van der Waals surface area contributed by atoms with Crippen LogP contribution in [-0.4, -0.2) is 17.3 Å². The van der Waals surface area contributed by atoms with Crippen molar-refractivity contribution in [3.05, 3.63) is 40.7 Å². The van der Waals surface area contributed by atoms with E-state index in [4.69, 9.17) is 20.8 Å². The third-order valence-corrected chi connectivity index (χ3v) is 2.49. The molecule has 6 heteroatoms. The van der Waals surface area contributed by atoms with Crippen molar-refractivity contribution in [1.29, 1.82) is 0 Å². The van der Waals surface area contributed by atoms with Gasteiger partial charge in [-0.25, -0.2) is 0 Å². The van der Waals surface area contributed by atoms with E-state index in [1.54, 1.807) is 7.11 Å². The lowest BCUT2D eigenvalue weighted by molar-refractivity contribution is 0.160. The van der Waals surface area contributed by atoms with Gasteiger partial charge in [0.2, 0.25) is 5.89 Å². The van der Waals surface area contributed by atoms with E-state index in [9.17, 15) is 0 Å². The van der Waals surface area contributed by atoms with Crippen molar-refractivity contribution >= 4 is 17.6 Å². The highest BCUT2D eigenvalue weighted by Gasteiger charge is 2.05. The topological polar surface area (TPSA) is 60.2 Å². The molecule has 0 unspecified atom stereocenters. The molecule has 2 rings (SSSR count). The molecular formula is C11H12ClN3O2. The van der Waals surface area contributed by atoms with Crippen LogP contribution in [0.1, 0.15) is 11.5 Å². The highest BCUT2D eigenvalue weighted by Crippen LogP contribution is 2.16. The molecule has 0 fully saturated rings. The van der Waals surface area contributed by atoms with Crippen LogP contribution in [0.5, 0.6) is 0 Å². The van der Waals surface area contributed by atoms with Gasteiger partial charge in [0.25, 0.3) is 0 Å². The van der Waals surface area contributed by atoms with Crippen molar-refractivity contribution in [3.8, 4) is 0 Å². The van der Waals surface area contributed by atoms with Crippen LogP contribution in [0.2, 0.25) is 5.02 Å². The Morgan fingerprint density at radius 1 is 1.35 bits per heavy atom. The molecule has 0 aliphatic carbocycles. The highest BCUT2D eigenvalue weighted by molar-refractivity contribution is 6.31. The fraction of sp³-hybridized carbons (Fsp3) is 0.273. The first-order valence-electron chi connectivity index (χ1n) is 5.08. The molecule has 0 amide bonds. The molecule has 90 valence electrons. The van der Waals surface area contributed by atoms with Gasteiger partial charge in [-0.2, -0.15) is 0 Å². The van der Waals surface area contributed by atoms with Gasteiger partial charge in [-0.1, -0.05) is 34.9 Å². The van der Waals surface area contributed by atoms with Gasteiger partial charge in [-0.3, -0.25) is 0 Å². The second-order valence-corrected chi connectivity index (χ2v) is 3.79. The molecule has 17 heavy (non-hydrogen) atoms. The summed E-state index contributed by atoms with van der Waals surface area (Å²) in [5, 5.41) is 11.3. The number of ether oxygens (including phenoxy) is 1. The maximum Gasteiger partial charge on any atom is 0.315 e. The average molecular weight is 254 g/mol. The average Bonchev–Trinajstić information content (AvgIpc) is 2.76. The molecule has 0 bridgehead atoms. The summed E-state index contributed by atoms with van der Waals surface area (Å²) in [6.45, 7) is 0.842. The Morgan fingerprint density at radius 3 is 2.94 bits per heavy atom. The minimum atomic E-state index is 0.306. The van der Waals surface area contributed by atoms with Gasteiger partial charge in [-0.15, -0.1) is 5.10 Å². The summed E-state index contributed by atoms with van der Waals surface area (Å²) in [5.41, 5.74) is 0.973. The number of benzene rings is 1. The van der Waals surface area contributed by atoms with Crippen molar-refractivity contribution in [2.45, 2.75) is 13.2 Å². The molecule has 0 aliphatic rings. The highest BCUT2D eigenvalue weighted by atomic mass is 35.5. The lowest BCUT2D eigenvalue weighted by atomic mass is 10.2. The number of nitrogens with zero attached hydrogens (tertiary/aromatic N) is 2. The van der Waals surface area contributed by atoms with Crippen LogP contribution >= 0.6 is 11.6 Å². The zero-order valence-electron chi connectivity index (χ0n) is 9.31. The van der Waals surface area contributed by atoms with Crippen LogP contribution in [-0.2, 0) is 17.9 Å². The Kier molecular flexibility index (Phi) is 3.95. The predicted octanol–water partition coefficient (Wildman–Crippen LogP) is 2.48. The fourth-order valence-electron chi connectivity index (χ4n) is 1.32. The molecule has 0 saturated carbocycles. The molecule has 1 N–H and O–H groups in total. The predicted molar refractivity (Wildman–Crippen MR) is 63.8 cm³/mol. The Bertz CT molecular complexity index is 487. The smallest absolute Gasteiger partial charge is 0.315 e. The Hall–Kier alpha value is -1.59. The lowest BCUT2D eigenvalue weighted by Gasteiger charge is -2.03. The van der Waals surface area contributed by atoms with Gasteiger partial charge in [0, 0.05) is 18.7 Å². The SMILES string of the molecule is COCc1nnc(NCc2ccccc2Cl)o1. The van der Waals surface area contributed by atoms with Crippen molar-refractivity contribution in [2.24, 2.45) is 0 Å². The zero-order valence-corrected chi connectivity index (χ0v) is 10.1. The first kappa shape index (κ1) is 11.9. The quantitative estimate of drug-likeness (QED) is 0.887. The third-order valence-electron chi connectivity index (χ3n) is 2.12. The maximum absolute atomic E-state index is 6.02. The summed E-state index contributed by atoms with van der Waals surface area (Å²) < 4.78 is 10.2. The molecule has 0 spiro atoms. The van der Waals surface area contributed by atoms with Gasteiger partial charge in [0.05, 0.1) is 0 Å². The van der Waals surface area contributed by atoms with Gasteiger partial charge >= 0.3 is 6.01 Å². The number of hydrogen-bond donors (Lipinski definition) is 1. The van der Waals surface area contributed by atoms with Crippen LogP contribution in [0.4, 0.5) is 6.01 Å². The van der Waals surface area contributed by atoms with Crippen molar-refractivity contribution in [1.82, 2.24) is 10.2 Å². The summed E-state index contributed by atoms with van der Waals surface area (Å²) in [5.74, 6) is 0.439. The molecule has 0 saturated heterocycles. The summed E-state index contributed by atoms with van der Waals surface area (Å²) in [4.78, 5) is 0. The number of halogens is 1. The molecule has 1 aromatic heterocycles. The van der Waals surface area contributed by atoms with E-state index in [-0.39, 0.29) is 0 Å². The third kappa shape index (κ3) is 3.18. The minimum Gasteiger partial charge on any atom is -0.406 e. The largest absolute Gasteiger partial charge is 0.406 e. The van der Waals surface area contributed by atoms with E-state index in [0.29, 0.717) is 30.1 Å². The maximum atomic E-state index is 6.02. The van der Waals surface area contributed by atoms with E-state index in [1.807, 2.05) is 24.3 Å². The van der Waals surface area contributed by atoms with Crippen molar-refractivity contribution in [3.63, 3.8) is 0 Å². The molecule has 2 aromatic rings. The van der Waals surface area contributed by atoms with Crippen LogP contribution in [0, 0.1) is 0 Å². The van der Waals surface area contributed by atoms with Crippen molar-refractivity contribution in [2.75, 3.05) is 12.4 Å². The molecule has 0 atom stereocenters. The van der Waals surface area contributed by atoms with Crippen LogP contribution in [0.3, 0.4) is 0 Å². The molecular weight excluding hydrogens is 242 g/mol. The standard InChI is InChI=1S/C11H12ClN3O2/c1-16-7-10-14-15-11(17-10)13-6-8-4-2-3-5-9(8)12/h2-5H,6-7H2,1H3,(H,13,15). The number of anilines is 1. The summed E-state index contributed by atoms with van der Waals surface area (Å²) in [7, 11) is 1.57. The van der Waals surface area contributed by atoms with E-state index in [2.05, 4.69) is 15.5 Å². The number of aromatic nitrogens is 2. The van der Waals surface area contributed by atoms with Crippen LogP contribution in [0.25, 0.3) is 0 Å². The van der Waals surface area contributed by atoms with Gasteiger partial charge < -0.3 is 14.5 Å². The van der Waals surface area contributed by atoms with E-state index >= 15 is 0 Å². The molecule has 5 nitrogen and oxygen atoms in total. The Labute approximate surface area is 104 Å². The monoisotopic (exact) mass is 253 g/mol. The first-order valence-corrected chi connectivity index (χ1v) is 5.46. The van der Waals surface area contributed by atoms with Gasteiger partial charge in [0.1, 0.15) is 6.61 Å². The normalized spacial score (nSPS) is 10.5. The fourth-order valence-corrected chi connectivity index (χ4v) is 1.52. The second kappa shape index (κ2) is 5.65. The summed E-state index contributed by atoms with van der Waals surface area (Å²) >= 11 is 6.02. The van der Waals surface area contributed by atoms with E-state index < -0.39 is 0 Å². The Morgan fingerprint density at radius 2 is 2.18 bits per heavy atom. The minimum absolute atomic E-state index is 0.306. The number of hydrogen-bond acceptors (Lipinski definition) is 5. The van der Waals surface area contributed by atoms with Gasteiger partial charge in [0.15, 0.2) is 0 Å². The summed E-state index contributed by atoms with van der Waals surface area (Å²) in [6, 6.07) is 7.93. The summed E-state index contributed by atoms with van der Waals surface area (Å²) in [6.07, 6.45) is 0. The van der Waals surface area contributed by atoms with Gasteiger partial charge in [-0.05, 0) is 11.6 Å². The van der Waals surface area contributed by atoms with E-state index in [0.717, 1.165) is 5.56 Å². The number of nitrogens with one attached hydrogen (secondary N) is 1. The van der Waals surface area contributed by atoms with E-state index in [1.165, 1.54) is 0 Å². The first-order chi connectivity index (χ1) is 8.29.